The van der Waals surface area contributed by atoms with Crippen LogP contribution < -0.4 is 11.1 Å². The van der Waals surface area contributed by atoms with Crippen molar-refractivity contribution >= 4 is 35.6 Å². The molecule has 2 rings (SSSR count). The zero-order chi connectivity index (χ0) is 12.4. The standard InChI is InChI=1S/C13H17ClN2O.ClH/c1-8-2-5-12(11(14)6-8)16-13(17)9-3-4-10(15)7-9;/h2,5-6,9-10H,3-4,7,15H2,1H3,(H,16,17);1H. The molecule has 1 aromatic rings. The third kappa shape index (κ3) is 3.61. The van der Waals surface area contributed by atoms with E-state index >= 15 is 0 Å². The number of benzene rings is 1. The van der Waals surface area contributed by atoms with E-state index in [0.29, 0.717) is 10.7 Å². The Morgan fingerprint density at radius 2 is 2.17 bits per heavy atom. The average Bonchev–Trinajstić information content (AvgIpc) is 2.69. The molecular formula is C13H18Cl2N2O. The van der Waals surface area contributed by atoms with Gasteiger partial charge in [0.1, 0.15) is 0 Å². The van der Waals surface area contributed by atoms with Gasteiger partial charge in [0, 0.05) is 12.0 Å². The summed E-state index contributed by atoms with van der Waals surface area (Å²) in [6, 6.07) is 5.78. The highest BCUT2D eigenvalue weighted by molar-refractivity contribution is 6.33. The van der Waals surface area contributed by atoms with Gasteiger partial charge in [-0.15, -0.1) is 12.4 Å². The molecule has 0 heterocycles. The predicted octanol–water partition coefficient (Wildman–Crippen LogP) is 3.14. The van der Waals surface area contributed by atoms with Gasteiger partial charge in [0.05, 0.1) is 10.7 Å². The molecule has 1 aliphatic rings. The highest BCUT2D eigenvalue weighted by Crippen LogP contribution is 2.28. The monoisotopic (exact) mass is 288 g/mol. The minimum absolute atomic E-state index is 0. The van der Waals surface area contributed by atoms with Crippen molar-refractivity contribution in [2.75, 3.05) is 5.32 Å². The maximum atomic E-state index is 12.0. The van der Waals surface area contributed by atoms with Crippen molar-refractivity contribution in [3.8, 4) is 0 Å². The summed E-state index contributed by atoms with van der Waals surface area (Å²) in [5.74, 6) is 0.0612. The predicted molar refractivity (Wildman–Crippen MR) is 77.4 cm³/mol. The zero-order valence-electron chi connectivity index (χ0n) is 10.3. The number of halogens is 2. The first-order valence-corrected chi connectivity index (χ1v) is 6.26. The molecule has 1 amide bonds. The fourth-order valence-corrected chi connectivity index (χ4v) is 2.49. The first kappa shape index (κ1) is 15.3. The number of rotatable bonds is 2. The van der Waals surface area contributed by atoms with Crippen molar-refractivity contribution in [2.45, 2.75) is 32.2 Å². The van der Waals surface area contributed by atoms with Gasteiger partial charge in [-0.05, 0) is 43.9 Å². The van der Waals surface area contributed by atoms with Crippen molar-refractivity contribution in [1.29, 1.82) is 0 Å². The molecule has 0 spiro atoms. The normalized spacial score (nSPS) is 22.4. The van der Waals surface area contributed by atoms with Crippen LogP contribution in [0.3, 0.4) is 0 Å². The summed E-state index contributed by atoms with van der Waals surface area (Å²) in [5.41, 5.74) is 7.56. The molecule has 18 heavy (non-hydrogen) atoms. The zero-order valence-corrected chi connectivity index (χ0v) is 11.9. The van der Waals surface area contributed by atoms with Crippen LogP contribution in [0, 0.1) is 12.8 Å². The van der Waals surface area contributed by atoms with Crippen LogP contribution in [0.1, 0.15) is 24.8 Å². The molecule has 1 aromatic carbocycles. The van der Waals surface area contributed by atoms with Crippen LogP contribution in [0.25, 0.3) is 0 Å². The second kappa shape index (κ2) is 6.41. The molecule has 3 N–H and O–H groups in total. The van der Waals surface area contributed by atoms with Crippen LogP contribution in [0.15, 0.2) is 18.2 Å². The molecule has 1 fully saturated rings. The van der Waals surface area contributed by atoms with Gasteiger partial charge in [0.25, 0.3) is 0 Å². The summed E-state index contributed by atoms with van der Waals surface area (Å²) < 4.78 is 0. The summed E-state index contributed by atoms with van der Waals surface area (Å²) in [6.07, 6.45) is 2.57. The molecule has 3 nitrogen and oxygen atoms in total. The molecule has 100 valence electrons. The largest absolute Gasteiger partial charge is 0.328 e. The number of nitrogens with two attached hydrogens (primary N) is 1. The topological polar surface area (TPSA) is 55.1 Å². The lowest BCUT2D eigenvalue weighted by molar-refractivity contribution is -0.119. The SMILES string of the molecule is Cc1ccc(NC(=O)C2CCC(N)C2)c(Cl)c1.Cl. The van der Waals surface area contributed by atoms with Gasteiger partial charge in [-0.1, -0.05) is 17.7 Å². The molecule has 1 saturated carbocycles. The van der Waals surface area contributed by atoms with Crippen LogP contribution >= 0.6 is 24.0 Å². The number of nitrogens with one attached hydrogen (secondary N) is 1. The van der Waals surface area contributed by atoms with Crippen LogP contribution in [0.5, 0.6) is 0 Å². The smallest absolute Gasteiger partial charge is 0.227 e. The fourth-order valence-electron chi connectivity index (χ4n) is 2.21. The molecule has 0 bridgehead atoms. The lowest BCUT2D eigenvalue weighted by Gasteiger charge is -2.12. The Bertz CT molecular complexity index is 437. The van der Waals surface area contributed by atoms with Crippen molar-refractivity contribution in [3.05, 3.63) is 28.8 Å². The molecule has 0 saturated heterocycles. The van der Waals surface area contributed by atoms with E-state index in [1.165, 1.54) is 0 Å². The Morgan fingerprint density at radius 1 is 1.44 bits per heavy atom. The summed E-state index contributed by atoms with van der Waals surface area (Å²) in [4.78, 5) is 12.0. The highest BCUT2D eigenvalue weighted by Gasteiger charge is 2.27. The van der Waals surface area contributed by atoms with E-state index in [1.54, 1.807) is 0 Å². The number of carbonyl (C=O) groups is 1. The van der Waals surface area contributed by atoms with Crippen molar-refractivity contribution in [1.82, 2.24) is 0 Å². The lowest BCUT2D eigenvalue weighted by atomic mass is 10.1. The van der Waals surface area contributed by atoms with Crippen LogP contribution in [0.2, 0.25) is 5.02 Å². The molecule has 0 aromatic heterocycles. The Labute approximate surface area is 118 Å². The molecule has 2 unspecified atom stereocenters. The molecular weight excluding hydrogens is 271 g/mol. The first-order chi connectivity index (χ1) is 8.06. The third-order valence-electron chi connectivity index (χ3n) is 3.23. The van der Waals surface area contributed by atoms with Gasteiger partial charge >= 0.3 is 0 Å². The number of anilines is 1. The van der Waals surface area contributed by atoms with E-state index < -0.39 is 0 Å². The van der Waals surface area contributed by atoms with Gasteiger partial charge in [0.15, 0.2) is 0 Å². The second-order valence-corrected chi connectivity index (χ2v) is 5.15. The van der Waals surface area contributed by atoms with Crippen LogP contribution in [-0.4, -0.2) is 11.9 Å². The molecule has 2 atom stereocenters. The summed E-state index contributed by atoms with van der Waals surface area (Å²) in [5, 5.41) is 3.46. The van der Waals surface area contributed by atoms with Crippen molar-refractivity contribution < 1.29 is 4.79 Å². The van der Waals surface area contributed by atoms with E-state index in [0.717, 1.165) is 24.8 Å². The molecule has 1 aliphatic carbocycles. The Kier molecular flexibility index (Phi) is 5.45. The van der Waals surface area contributed by atoms with Gasteiger partial charge in [-0.2, -0.15) is 0 Å². The van der Waals surface area contributed by atoms with E-state index in [4.69, 9.17) is 17.3 Å². The van der Waals surface area contributed by atoms with E-state index in [2.05, 4.69) is 5.32 Å². The van der Waals surface area contributed by atoms with Gasteiger partial charge in [0.2, 0.25) is 5.91 Å². The average molecular weight is 289 g/mol. The van der Waals surface area contributed by atoms with E-state index in [9.17, 15) is 4.79 Å². The Balaban J connectivity index is 0.00000162. The first-order valence-electron chi connectivity index (χ1n) is 5.89. The van der Waals surface area contributed by atoms with Gasteiger partial charge in [-0.3, -0.25) is 4.79 Å². The maximum Gasteiger partial charge on any atom is 0.227 e. The van der Waals surface area contributed by atoms with E-state index in [1.807, 2.05) is 25.1 Å². The van der Waals surface area contributed by atoms with Crippen molar-refractivity contribution in [3.63, 3.8) is 0 Å². The number of hydrogen-bond donors (Lipinski definition) is 2. The van der Waals surface area contributed by atoms with Crippen LogP contribution in [0.4, 0.5) is 5.69 Å². The molecule has 5 heteroatoms. The van der Waals surface area contributed by atoms with Gasteiger partial charge in [-0.25, -0.2) is 0 Å². The second-order valence-electron chi connectivity index (χ2n) is 4.74. The van der Waals surface area contributed by atoms with Gasteiger partial charge < -0.3 is 11.1 Å². The molecule has 0 aliphatic heterocycles. The minimum Gasteiger partial charge on any atom is -0.328 e. The van der Waals surface area contributed by atoms with Crippen molar-refractivity contribution in [2.24, 2.45) is 11.7 Å². The quantitative estimate of drug-likeness (QED) is 0.878. The number of aryl methyl sites for hydroxylation is 1. The minimum atomic E-state index is 0. The Hall–Kier alpha value is -0.770. The Morgan fingerprint density at radius 3 is 2.72 bits per heavy atom. The molecule has 0 radical (unpaired) electrons. The van der Waals surface area contributed by atoms with E-state index in [-0.39, 0.29) is 30.3 Å². The lowest BCUT2D eigenvalue weighted by Crippen LogP contribution is -2.23. The highest BCUT2D eigenvalue weighted by atomic mass is 35.5. The number of hydrogen-bond acceptors (Lipinski definition) is 2. The fraction of sp³-hybridized carbons (Fsp3) is 0.462. The van der Waals surface area contributed by atoms with Crippen LogP contribution in [-0.2, 0) is 4.79 Å². The summed E-state index contributed by atoms with van der Waals surface area (Å²) in [6.45, 7) is 1.97. The third-order valence-corrected chi connectivity index (χ3v) is 3.54. The maximum absolute atomic E-state index is 12.0. The summed E-state index contributed by atoms with van der Waals surface area (Å²) in [7, 11) is 0. The number of amides is 1. The summed E-state index contributed by atoms with van der Waals surface area (Å²) >= 11 is 6.07. The number of carbonyl (C=O) groups excluding carboxylic acids is 1.